The zero-order valence-corrected chi connectivity index (χ0v) is 5.66. The maximum atomic E-state index is 10.0. The van der Waals surface area contributed by atoms with Gasteiger partial charge in [0.2, 0.25) is 0 Å². The van der Waals surface area contributed by atoms with E-state index in [0.717, 1.165) is 0 Å². The molecule has 2 unspecified atom stereocenters. The molecule has 0 heterocycles. The van der Waals surface area contributed by atoms with Crippen molar-refractivity contribution in [2.24, 2.45) is 11.5 Å². The second-order valence-electron chi connectivity index (χ2n) is 1.98. The number of carbonyl (C=O) groups excluding carboxylic acids is 1. The lowest BCUT2D eigenvalue weighted by Crippen LogP contribution is -2.48. The topological polar surface area (TPSA) is 72.3 Å². The molecule has 4 heteroatoms. The highest BCUT2D eigenvalue weighted by molar-refractivity contribution is 5.48. The van der Waals surface area contributed by atoms with E-state index in [1.807, 2.05) is 0 Å². The number of hydrogen-bond acceptors (Lipinski definition) is 3. The number of amides is 1. The maximum absolute atomic E-state index is 10.0. The third-order valence-electron chi connectivity index (χ3n) is 0.983. The molecule has 0 fully saturated rings. The van der Waals surface area contributed by atoms with E-state index in [2.05, 4.69) is 0 Å². The van der Waals surface area contributed by atoms with E-state index < -0.39 is 0 Å². The summed E-state index contributed by atoms with van der Waals surface area (Å²) < 4.78 is 0. The standard InChI is InChI=1S/C5H12N3O/c1-4(6)8(3-9)5(2)7/h4-5H,6-7H2,1-2H3. The fourth-order valence-electron chi connectivity index (χ4n) is 0.537. The summed E-state index contributed by atoms with van der Waals surface area (Å²) in [4.78, 5) is 11.2. The molecule has 4 N–H and O–H groups in total. The van der Waals surface area contributed by atoms with Gasteiger partial charge in [-0.2, -0.15) is 0 Å². The van der Waals surface area contributed by atoms with Gasteiger partial charge < -0.3 is 16.4 Å². The fourth-order valence-corrected chi connectivity index (χ4v) is 0.537. The fraction of sp³-hybridized carbons (Fsp3) is 0.800. The van der Waals surface area contributed by atoms with Crippen LogP contribution in [0, 0.1) is 0 Å². The first-order valence-electron chi connectivity index (χ1n) is 2.77. The van der Waals surface area contributed by atoms with E-state index in [9.17, 15) is 4.79 Å². The molecule has 1 amide bonds. The summed E-state index contributed by atoms with van der Waals surface area (Å²) >= 11 is 0. The van der Waals surface area contributed by atoms with Gasteiger partial charge in [-0.25, -0.2) is 0 Å². The van der Waals surface area contributed by atoms with Crippen LogP contribution in [0.15, 0.2) is 0 Å². The smallest absolute Gasteiger partial charge is 0.311 e. The van der Waals surface area contributed by atoms with Crippen LogP contribution in [0.5, 0.6) is 0 Å². The van der Waals surface area contributed by atoms with Gasteiger partial charge in [0, 0.05) is 0 Å². The highest BCUT2D eigenvalue weighted by Crippen LogP contribution is 1.90. The van der Waals surface area contributed by atoms with E-state index in [-0.39, 0.29) is 12.3 Å². The molecule has 0 saturated heterocycles. The Morgan fingerprint density at radius 2 is 1.67 bits per heavy atom. The summed E-state index contributed by atoms with van der Waals surface area (Å²) in [5.41, 5.74) is 10.7. The average Bonchev–Trinajstić information content (AvgIpc) is 1.64. The van der Waals surface area contributed by atoms with Crippen LogP contribution in [0.4, 0.5) is 0 Å². The van der Waals surface area contributed by atoms with Crippen molar-refractivity contribution in [1.29, 1.82) is 0 Å². The molecule has 0 aromatic carbocycles. The van der Waals surface area contributed by atoms with Gasteiger partial charge in [-0.1, -0.05) is 0 Å². The van der Waals surface area contributed by atoms with Crippen LogP contribution in [0.3, 0.4) is 0 Å². The molecular weight excluding hydrogens is 118 g/mol. The summed E-state index contributed by atoms with van der Waals surface area (Å²) in [7, 11) is 0. The van der Waals surface area contributed by atoms with E-state index in [4.69, 9.17) is 11.5 Å². The minimum absolute atomic E-state index is 0.359. The average molecular weight is 130 g/mol. The van der Waals surface area contributed by atoms with Crippen molar-refractivity contribution in [3.8, 4) is 0 Å². The van der Waals surface area contributed by atoms with Crippen LogP contribution in [0.1, 0.15) is 13.8 Å². The van der Waals surface area contributed by atoms with Crippen molar-refractivity contribution >= 4 is 6.41 Å². The largest absolute Gasteiger partial charge is 0.314 e. The van der Waals surface area contributed by atoms with Crippen LogP contribution in [0.25, 0.3) is 0 Å². The van der Waals surface area contributed by atoms with Gasteiger partial charge in [-0.15, -0.1) is 0 Å². The Bertz CT molecular complexity index is 84.2. The van der Waals surface area contributed by atoms with Gasteiger partial charge in [0.1, 0.15) is 0 Å². The molecule has 0 saturated carbocycles. The molecule has 0 aliphatic carbocycles. The number of rotatable bonds is 3. The highest BCUT2D eigenvalue weighted by atomic mass is 16.1. The molecule has 0 spiro atoms. The van der Waals surface area contributed by atoms with Crippen molar-refractivity contribution < 1.29 is 4.79 Å². The summed E-state index contributed by atoms with van der Waals surface area (Å²) in [6, 6.07) is 0. The zero-order valence-electron chi connectivity index (χ0n) is 5.66. The van der Waals surface area contributed by atoms with E-state index in [0.29, 0.717) is 0 Å². The van der Waals surface area contributed by atoms with Gasteiger partial charge in [0.05, 0.1) is 12.3 Å². The Morgan fingerprint density at radius 1 is 1.33 bits per heavy atom. The molecule has 0 bridgehead atoms. The first-order valence-corrected chi connectivity index (χ1v) is 2.77. The van der Waals surface area contributed by atoms with Gasteiger partial charge in [0.25, 0.3) is 0 Å². The van der Waals surface area contributed by atoms with Crippen molar-refractivity contribution in [3.63, 3.8) is 0 Å². The molecule has 4 nitrogen and oxygen atoms in total. The summed E-state index contributed by atoms with van der Waals surface area (Å²) in [5, 5.41) is 0. The number of hydrogen-bond donors (Lipinski definition) is 2. The maximum Gasteiger partial charge on any atom is 0.314 e. The minimum atomic E-state index is -0.359. The zero-order chi connectivity index (χ0) is 7.44. The summed E-state index contributed by atoms with van der Waals surface area (Å²) in [6.45, 7) is 3.35. The SMILES string of the molecule is CC(N)N([C]=O)C(C)N. The van der Waals surface area contributed by atoms with Crippen LogP contribution in [-0.2, 0) is 4.79 Å². The first-order chi connectivity index (χ1) is 4.09. The predicted octanol–water partition coefficient (Wildman–Crippen LogP) is -1.03. The first kappa shape index (κ1) is 8.39. The van der Waals surface area contributed by atoms with Gasteiger partial charge >= 0.3 is 6.41 Å². The molecular formula is C5H12N3O. The van der Waals surface area contributed by atoms with Crippen molar-refractivity contribution in [3.05, 3.63) is 0 Å². The predicted molar refractivity (Wildman–Crippen MR) is 34.8 cm³/mol. The van der Waals surface area contributed by atoms with E-state index in [1.54, 1.807) is 20.3 Å². The molecule has 0 aliphatic heterocycles. The van der Waals surface area contributed by atoms with Gasteiger partial charge in [0.15, 0.2) is 0 Å². The third kappa shape index (κ3) is 2.43. The summed E-state index contributed by atoms with van der Waals surface area (Å²) in [6.07, 6.45) is 0.917. The second-order valence-corrected chi connectivity index (χ2v) is 1.98. The van der Waals surface area contributed by atoms with Gasteiger partial charge in [-0.3, -0.25) is 4.79 Å². The normalized spacial score (nSPS) is 16.4. The molecule has 2 atom stereocenters. The van der Waals surface area contributed by atoms with Crippen LogP contribution >= 0.6 is 0 Å². The van der Waals surface area contributed by atoms with Gasteiger partial charge in [-0.05, 0) is 13.8 Å². The molecule has 0 aliphatic rings. The molecule has 0 aromatic rings. The Kier molecular flexibility index (Phi) is 3.19. The van der Waals surface area contributed by atoms with Crippen molar-refractivity contribution in [2.45, 2.75) is 26.2 Å². The lowest BCUT2D eigenvalue weighted by molar-refractivity contribution is 0.257. The van der Waals surface area contributed by atoms with Crippen LogP contribution in [0.2, 0.25) is 0 Å². The lowest BCUT2D eigenvalue weighted by Gasteiger charge is -2.23. The molecule has 9 heavy (non-hydrogen) atoms. The van der Waals surface area contributed by atoms with E-state index in [1.165, 1.54) is 4.90 Å². The number of nitrogens with zero attached hydrogens (tertiary/aromatic N) is 1. The van der Waals surface area contributed by atoms with E-state index >= 15 is 0 Å². The van der Waals surface area contributed by atoms with Crippen molar-refractivity contribution in [2.75, 3.05) is 0 Å². The molecule has 0 aromatic heterocycles. The number of nitrogens with two attached hydrogens (primary N) is 2. The lowest BCUT2D eigenvalue weighted by atomic mass is 10.4. The Hall–Kier alpha value is -0.610. The minimum Gasteiger partial charge on any atom is -0.311 e. The monoisotopic (exact) mass is 130 g/mol. The Labute approximate surface area is 54.8 Å². The van der Waals surface area contributed by atoms with Crippen LogP contribution < -0.4 is 11.5 Å². The second kappa shape index (κ2) is 3.42. The quantitative estimate of drug-likeness (QED) is 0.379. The Morgan fingerprint density at radius 3 is 1.67 bits per heavy atom. The van der Waals surface area contributed by atoms with Crippen LogP contribution in [-0.4, -0.2) is 23.6 Å². The third-order valence-corrected chi connectivity index (χ3v) is 0.983. The molecule has 53 valence electrons. The van der Waals surface area contributed by atoms with Crippen molar-refractivity contribution in [1.82, 2.24) is 4.90 Å². The molecule has 1 radical (unpaired) electrons. The molecule has 0 rings (SSSR count). The Balaban J connectivity index is 3.82. The summed E-state index contributed by atoms with van der Waals surface area (Å²) in [5.74, 6) is 0. The highest BCUT2D eigenvalue weighted by Gasteiger charge is 2.10.